The van der Waals surface area contributed by atoms with E-state index in [0.29, 0.717) is 16.2 Å². The molecule has 0 aliphatic carbocycles. The van der Waals surface area contributed by atoms with Crippen molar-refractivity contribution in [3.05, 3.63) is 125 Å². The van der Waals surface area contributed by atoms with Crippen LogP contribution in [0.2, 0.25) is 10.0 Å². The van der Waals surface area contributed by atoms with Crippen LogP contribution in [0.4, 0.5) is 0 Å². The summed E-state index contributed by atoms with van der Waals surface area (Å²) < 4.78 is 89.7. The maximum atomic E-state index is 12.2. The number of benzene rings is 6. The average molecular weight is 778 g/mol. The third-order valence-electron chi connectivity index (χ3n) is 6.83. The van der Waals surface area contributed by atoms with E-state index in [9.17, 15) is 25.3 Å². The largest absolute Gasteiger partial charge is 0.299 e. The first-order chi connectivity index (χ1) is 23.4. The second kappa shape index (κ2) is 16.2. The molecule has 0 heterocycles. The lowest BCUT2D eigenvalue weighted by Crippen LogP contribution is -2.13. The van der Waals surface area contributed by atoms with Crippen molar-refractivity contribution in [1.82, 2.24) is 0 Å². The van der Waals surface area contributed by atoms with Crippen LogP contribution in [0.15, 0.2) is 130 Å². The molecule has 0 amide bonds. The lowest BCUT2D eigenvalue weighted by molar-refractivity contribution is 0.248. The summed E-state index contributed by atoms with van der Waals surface area (Å²) in [4.78, 5) is 0.0301. The molecule has 14 heteroatoms. The van der Waals surface area contributed by atoms with Gasteiger partial charge in [0.25, 0.3) is 30.4 Å². The van der Waals surface area contributed by atoms with Gasteiger partial charge in [0.05, 0.1) is 22.3 Å². The minimum Gasteiger partial charge on any atom is -0.282 e. The highest BCUT2D eigenvalue weighted by Crippen LogP contribution is 2.32. The zero-order valence-corrected chi connectivity index (χ0v) is 31.3. The Morgan fingerprint density at radius 3 is 1.34 bits per heavy atom. The van der Waals surface area contributed by atoms with Crippen LogP contribution in [0.5, 0.6) is 0 Å². The van der Waals surface area contributed by atoms with Crippen LogP contribution in [0.25, 0.3) is 32.3 Å². The van der Waals surface area contributed by atoms with Crippen molar-refractivity contribution in [2.75, 3.05) is 0 Å². The van der Waals surface area contributed by atoms with E-state index in [1.54, 1.807) is 100 Å². The van der Waals surface area contributed by atoms with E-state index >= 15 is 0 Å². The Hall–Kier alpha value is -3.59. The molecular weight excluding hydrogens is 743 g/mol. The van der Waals surface area contributed by atoms with Crippen LogP contribution >= 0.6 is 23.2 Å². The summed E-state index contributed by atoms with van der Waals surface area (Å²) in [5.74, 6) is 0. The van der Waals surface area contributed by atoms with Crippen LogP contribution in [0.3, 0.4) is 0 Å². The van der Waals surface area contributed by atoms with Gasteiger partial charge in [-0.25, -0.2) is 0 Å². The van der Waals surface area contributed by atoms with Crippen LogP contribution in [-0.4, -0.2) is 42.0 Å². The zero-order chi connectivity index (χ0) is 36.9. The van der Waals surface area contributed by atoms with E-state index in [-0.39, 0.29) is 30.8 Å². The number of hydrogen-bond acceptors (Lipinski definition) is 8. The van der Waals surface area contributed by atoms with Gasteiger partial charge in [0.1, 0.15) is 14.7 Å². The first kappa shape index (κ1) is 39.2. The Morgan fingerprint density at radius 1 is 0.480 bits per heavy atom. The van der Waals surface area contributed by atoms with Crippen LogP contribution in [0.1, 0.15) is 27.7 Å². The highest BCUT2D eigenvalue weighted by atomic mass is 35.5. The Bertz CT molecular complexity index is 2480. The topological polar surface area (TPSA) is 141 Å². The Kier molecular flexibility index (Phi) is 12.7. The van der Waals surface area contributed by atoms with Crippen molar-refractivity contribution in [3.63, 3.8) is 0 Å². The minimum absolute atomic E-state index is 0.0243. The summed E-state index contributed by atoms with van der Waals surface area (Å²) in [5, 5.41) is 4.31. The Balaban J connectivity index is 0.000000169. The smallest absolute Gasteiger partial charge is 0.282 e. The van der Waals surface area contributed by atoms with Crippen molar-refractivity contribution in [1.29, 1.82) is 0 Å². The Labute approximate surface area is 302 Å². The first-order valence-corrected chi connectivity index (χ1v) is 20.1. The predicted molar refractivity (Wildman–Crippen MR) is 198 cm³/mol. The molecule has 0 fully saturated rings. The average Bonchev–Trinajstić information content (AvgIpc) is 3.03. The molecule has 0 bridgehead atoms. The fraction of sp³-hybridized carbons (Fsp3) is 0.167. The van der Waals surface area contributed by atoms with Gasteiger partial charge in [-0.1, -0.05) is 120 Å². The van der Waals surface area contributed by atoms with Gasteiger partial charge >= 0.3 is 0 Å². The summed E-state index contributed by atoms with van der Waals surface area (Å²) in [5.41, 5.74) is 0. The maximum Gasteiger partial charge on any atom is 0.299 e. The third kappa shape index (κ3) is 9.59. The van der Waals surface area contributed by atoms with Gasteiger partial charge in [0.2, 0.25) is 0 Å². The Morgan fingerprint density at radius 2 is 0.860 bits per heavy atom. The number of hydrogen-bond donors (Lipinski definition) is 1. The van der Waals surface area contributed by atoms with Crippen molar-refractivity contribution < 1.29 is 38.2 Å². The molecular formula is C36H34Cl2O9S3. The minimum atomic E-state index is -4.29. The van der Waals surface area contributed by atoms with E-state index in [4.69, 9.17) is 36.1 Å². The molecule has 0 spiro atoms. The first-order valence-electron chi connectivity index (χ1n) is 15.1. The summed E-state index contributed by atoms with van der Waals surface area (Å²) in [7, 11) is -11.8. The van der Waals surface area contributed by atoms with Crippen molar-refractivity contribution in [2.45, 2.75) is 54.6 Å². The molecule has 0 unspecified atom stereocenters. The van der Waals surface area contributed by atoms with Gasteiger partial charge in [-0.15, -0.1) is 0 Å². The molecule has 6 rings (SSSR count). The highest BCUT2D eigenvalue weighted by Gasteiger charge is 2.24. The third-order valence-corrected chi connectivity index (χ3v) is 11.7. The van der Waals surface area contributed by atoms with Gasteiger partial charge in [-0.3, -0.25) is 12.9 Å². The number of rotatable bonds is 7. The van der Waals surface area contributed by atoms with Gasteiger partial charge in [-0.2, -0.15) is 25.3 Å². The normalized spacial score (nSPS) is 12.1. The van der Waals surface area contributed by atoms with Crippen molar-refractivity contribution in [2.24, 2.45) is 0 Å². The molecule has 0 atom stereocenters. The molecule has 0 saturated carbocycles. The molecule has 0 aromatic heterocycles. The fourth-order valence-electron chi connectivity index (χ4n) is 4.97. The van der Waals surface area contributed by atoms with Gasteiger partial charge in [-0.05, 0) is 62.1 Å². The fourth-order valence-corrected chi connectivity index (χ4v) is 9.33. The van der Waals surface area contributed by atoms with E-state index in [1.165, 1.54) is 6.07 Å². The summed E-state index contributed by atoms with van der Waals surface area (Å²) >= 11 is 11.8. The quantitative estimate of drug-likeness (QED) is 0.124. The molecule has 0 aliphatic heterocycles. The number of fused-ring (bicyclic) bond motifs is 3. The standard InChI is InChI=1S/C13H13ClO3S.C13H14O3S.C10H7ClO3S/c1-9(2)17-18(15,16)13-11-6-4-3-5-10(11)7-8-12(13)14;1-10(2)16-17(14,15)13-9-5-7-11-6-3-4-8-12(11)13;11-9-6-5-7-3-1-2-4-8(7)10(9)15(12,13)14/h3-9H,1-2H3;3-10H,1-2H3;1-6H,(H,12,13,14). The van der Waals surface area contributed by atoms with Crippen LogP contribution in [0, 0.1) is 0 Å². The molecule has 1 N–H and O–H groups in total. The van der Waals surface area contributed by atoms with E-state index in [2.05, 4.69) is 0 Å². The lowest BCUT2D eigenvalue weighted by Gasteiger charge is -2.12. The second-order valence-electron chi connectivity index (χ2n) is 11.3. The molecule has 9 nitrogen and oxygen atoms in total. The zero-order valence-electron chi connectivity index (χ0n) is 27.3. The van der Waals surface area contributed by atoms with Crippen molar-refractivity contribution >= 4 is 85.9 Å². The van der Waals surface area contributed by atoms with E-state index in [0.717, 1.165) is 16.2 Å². The molecule has 0 radical (unpaired) electrons. The molecule has 6 aromatic rings. The van der Waals surface area contributed by atoms with Gasteiger partial charge in [0.15, 0.2) is 0 Å². The van der Waals surface area contributed by atoms with Gasteiger partial charge < -0.3 is 0 Å². The molecule has 264 valence electrons. The molecule has 6 aromatic carbocycles. The summed E-state index contributed by atoms with van der Waals surface area (Å²) in [6.45, 7) is 6.72. The second-order valence-corrected chi connectivity index (χ2v) is 16.6. The highest BCUT2D eigenvalue weighted by molar-refractivity contribution is 7.87. The van der Waals surface area contributed by atoms with Gasteiger partial charge in [0, 0.05) is 16.2 Å². The number of halogens is 2. The van der Waals surface area contributed by atoms with Crippen molar-refractivity contribution in [3.8, 4) is 0 Å². The maximum absolute atomic E-state index is 12.2. The molecule has 0 aliphatic rings. The molecule has 50 heavy (non-hydrogen) atoms. The van der Waals surface area contributed by atoms with Crippen LogP contribution < -0.4 is 0 Å². The van der Waals surface area contributed by atoms with E-state index < -0.39 is 36.5 Å². The SMILES string of the molecule is CC(C)OS(=O)(=O)c1c(Cl)ccc2ccccc12.CC(C)OS(=O)(=O)c1cccc2ccccc12.O=S(=O)(O)c1c(Cl)ccc2ccccc12. The lowest BCUT2D eigenvalue weighted by atomic mass is 10.1. The monoisotopic (exact) mass is 776 g/mol. The van der Waals surface area contributed by atoms with Crippen LogP contribution in [-0.2, 0) is 38.7 Å². The molecule has 0 saturated heterocycles. The predicted octanol–water partition coefficient (Wildman–Crippen LogP) is 9.30. The van der Waals surface area contributed by atoms with E-state index in [1.807, 2.05) is 36.4 Å². The summed E-state index contributed by atoms with van der Waals surface area (Å²) in [6, 6.07) is 33.0. The summed E-state index contributed by atoms with van der Waals surface area (Å²) in [6.07, 6.45) is -0.788.